The third-order valence-corrected chi connectivity index (χ3v) is 2.99. The van der Waals surface area contributed by atoms with Crippen LogP contribution >= 0.6 is 11.3 Å². The maximum atomic E-state index is 3.97. The molecule has 1 aromatic rings. The third-order valence-electron chi connectivity index (χ3n) is 2.37. The first kappa shape index (κ1) is 8.94. The van der Waals surface area contributed by atoms with Crippen LogP contribution in [0.3, 0.4) is 0 Å². The second-order valence-electron chi connectivity index (χ2n) is 4.12. The molecular formula is C9H15N3S. The van der Waals surface area contributed by atoms with E-state index in [0.717, 1.165) is 17.0 Å². The fourth-order valence-electron chi connectivity index (χ4n) is 1.68. The first-order valence-electron chi connectivity index (χ1n) is 4.78. The quantitative estimate of drug-likeness (QED) is 0.805. The van der Waals surface area contributed by atoms with Gasteiger partial charge in [0.1, 0.15) is 5.51 Å². The van der Waals surface area contributed by atoms with Gasteiger partial charge < -0.3 is 5.32 Å². The number of nitrogens with zero attached hydrogens (tertiary/aromatic N) is 2. The van der Waals surface area contributed by atoms with E-state index in [1.54, 1.807) is 16.8 Å². The van der Waals surface area contributed by atoms with Crippen LogP contribution in [0.1, 0.15) is 26.7 Å². The molecular weight excluding hydrogens is 182 g/mol. The Balaban J connectivity index is 1.75. The van der Waals surface area contributed by atoms with Gasteiger partial charge in [0.2, 0.25) is 5.13 Å². The minimum absolute atomic E-state index is 0.662. The summed E-state index contributed by atoms with van der Waals surface area (Å²) in [5.41, 5.74) is 1.77. The highest BCUT2D eigenvalue weighted by Crippen LogP contribution is 2.38. The molecule has 1 aliphatic rings. The molecule has 4 heteroatoms. The van der Waals surface area contributed by atoms with Crippen LogP contribution in [-0.4, -0.2) is 16.2 Å². The van der Waals surface area contributed by atoms with Gasteiger partial charge >= 0.3 is 0 Å². The SMILES string of the molecule is CC(C)CC1CC1Nc1nncs1. The van der Waals surface area contributed by atoms with Crippen LogP contribution in [0.4, 0.5) is 5.13 Å². The van der Waals surface area contributed by atoms with Gasteiger partial charge in [-0.2, -0.15) is 0 Å². The molecule has 0 aliphatic heterocycles. The van der Waals surface area contributed by atoms with Crippen molar-refractivity contribution < 1.29 is 0 Å². The summed E-state index contributed by atoms with van der Waals surface area (Å²) in [6.07, 6.45) is 2.63. The van der Waals surface area contributed by atoms with Crippen molar-refractivity contribution in [3.8, 4) is 0 Å². The molecule has 1 fully saturated rings. The van der Waals surface area contributed by atoms with Crippen molar-refractivity contribution in [1.29, 1.82) is 0 Å². The van der Waals surface area contributed by atoms with Gasteiger partial charge in [-0.1, -0.05) is 25.2 Å². The summed E-state index contributed by atoms with van der Waals surface area (Å²) in [5.74, 6) is 1.68. The van der Waals surface area contributed by atoms with E-state index in [1.165, 1.54) is 12.8 Å². The summed E-state index contributed by atoms with van der Waals surface area (Å²) >= 11 is 1.58. The van der Waals surface area contributed by atoms with Crippen LogP contribution in [0.25, 0.3) is 0 Å². The molecule has 0 saturated heterocycles. The van der Waals surface area contributed by atoms with E-state index in [2.05, 4.69) is 29.4 Å². The second-order valence-corrected chi connectivity index (χ2v) is 4.95. The van der Waals surface area contributed by atoms with E-state index in [0.29, 0.717) is 6.04 Å². The monoisotopic (exact) mass is 197 g/mol. The van der Waals surface area contributed by atoms with Gasteiger partial charge in [0.15, 0.2) is 0 Å². The average molecular weight is 197 g/mol. The van der Waals surface area contributed by atoms with Crippen LogP contribution in [-0.2, 0) is 0 Å². The Bertz CT molecular complexity index is 258. The lowest BCUT2D eigenvalue weighted by Crippen LogP contribution is -2.05. The predicted molar refractivity (Wildman–Crippen MR) is 54.9 cm³/mol. The van der Waals surface area contributed by atoms with E-state index in [1.807, 2.05) is 0 Å². The molecule has 1 heterocycles. The van der Waals surface area contributed by atoms with Crippen molar-refractivity contribution in [2.75, 3.05) is 5.32 Å². The Kier molecular flexibility index (Phi) is 2.49. The van der Waals surface area contributed by atoms with Crippen molar-refractivity contribution in [1.82, 2.24) is 10.2 Å². The van der Waals surface area contributed by atoms with E-state index in [4.69, 9.17) is 0 Å². The van der Waals surface area contributed by atoms with Crippen molar-refractivity contribution in [2.24, 2.45) is 11.8 Å². The topological polar surface area (TPSA) is 37.8 Å². The molecule has 1 N–H and O–H groups in total. The van der Waals surface area contributed by atoms with Crippen molar-refractivity contribution in [3.05, 3.63) is 5.51 Å². The van der Waals surface area contributed by atoms with Crippen molar-refractivity contribution in [2.45, 2.75) is 32.7 Å². The number of nitrogens with one attached hydrogen (secondary N) is 1. The summed E-state index contributed by atoms with van der Waals surface area (Å²) < 4.78 is 0. The highest BCUT2D eigenvalue weighted by molar-refractivity contribution is 7.13. The van der Waals surface area contributed by atoms with Crippen LogP contribution in [0.2, 0.25) is 0 Å². The summed E-state index contributed by atoms with van der Waals surface area (Å²) in [6.45, 7) is 4.56. The van der Waals surface area contributed by atoms with E-state index >= 15 is 0 Å². The molecule has 1 aromatic heterocycles. The summed E-state index contributed by atoms with van der Waals surface area (Å²) in [5, 5.41) is 12.1. The number of aromatic nitrogens is 2. The lowest BCUT2D eigenvalue weighted by molar-refractivity contribution is 0.535. The molecule has 1 aliphatic carbocycles. The molecule has 13 heavy (non-hydrogen) atoms. The van der Waals surface area contributed by atoms with Crippen LogP contribution in [0.15, 0.2) is 5.51 Å². The van der Waals surface area contributed by atoms with Gasteiger partial charge in [-0.3, -0.25) is 0 Å². The Hall–Kier alpha value is -0.640. The highest BCUT2D eigenvalue weighted by Gasteiger charge is 2.37. The normalized spacial score (nSPS) is 26.4. The van der Waals surface area contributed by atoms with Crippen LogP contribution in [0.5, 0.6) is 0 Å². The Labute approximate surface area is 82.6 Å². The lowest BCUT2D eigenvalue weighted by Gasteiger charge is -2.03. The van der Waals surface area contributed by atoms with Crippen LogP contribution in [0, 0.1) is 11.8 Å². The van der Waals surface area contributed by atoms with Crippen LogP contribution < -0.4 is 5.32 Å². The summed E-state index contributed by atoms with van der Waals surface area (Å²) in [7, 11) is 0. The molecule has 72 valence electrons. The fourth-order valence-corrected chi connectivity index (χ4v) is 2.19. The number of rotatable bonds is 4. The van der Waals surface area contributed by atoms with Gasteiger partial charge in [0, 0.05) is 6.04 Å². The number of hydrogen-bond donors (Lipinski definition) is 1. The summed E-state index contributed by atoms with van der Waals surface area (Å²) in [4.78, 5) is 0. The molecule has 3 nitrogen and oxygen atoms in total. The minimum atomic E-state index is 0.662. The smallest absolute Gasteiger partial charge is 0.205 e. The highest BCUT2D eigenvalue weighted by atomic mass is 32.1. The van der Waals surface area contributed by atoms with Gasteiger partial charge in [-0.05, 0) is 24.7 Å². The zero-order valence-electron chi connectivity index (χ0n) is 8.03. The third kappa shape index (κ3) is 2.40. The van der Waals surface area contributed by atoms with Gasteiger partial charge in [-0.25, -0.2) is 0 Å². The molecule has 0 radical (unpaired) electrons. The van der Waals surface area contributed by atoms with E-state index in [-0.39, 0.29) is 0 Å². The molecule has 0 amide bonds. The van der Waals surface area contributed by atoms with Gasteiger partial charge in [0.05, 0.1) is 0 Å². The van der Waals surface area contributed by atoms with Gasteiger partial charge in [-0.15, -0.1) is 10.2 Å². The minimum Gasteiger partial charge on any atom is -0.357 e. The molecule has 0 aromatic carbocycles. The molecule has 1 saturated carbocycles. The Morgan fingerprint density at radius 2 is 2.54 bits per heavy atom. The predicted octanol–water partition coefficient (Wildman–Crippen LogP) is 2.38. The Morgan fingerprint density at radius 1 is 1.69 bits per heavy atom. The number of anilines is 1. The summed E-state index contributed by atoms with van der Waals surface area (Å²) in [6, 6.07) is 0.662. The zero-order chi connectivity index (χ0) is 9.26. The molecule has 2 unspecified atom stereocenters. The largest absolute Gasteiger partial charge is 0.357 e. The first-order valence-corrected chi connectivity index (χ1v) is 5.66. The zero-order valence-corrected chi connectivity index (χ0v) is 8.84. The lowest BCUT2D eigenvalue weighted by atomic mass is 10.1. The Morgan fingerprint density at radius 3 is 3.15 bits per heavy atom. The fraction of sp³-hybridized carbons (Fsp3) is 0.778. The van der Waals surface area contributed by atoms with E-state index < -0.39 is 0 Å². The molecule has 0 spiro atoms. The first-order chi connectivity index (χ1) is 6.25. The number of hydrogen-bond acceptors (Lipinski definition) is 4. The van der Waals surface area contributed by atoms with Crippen molar-refractivity contribution in [3.63, 3.8) is 0 Å². The van der Waals surface area contributed by atoms with Gasteiger partial charge in [0.25, 0.3) is 0 Å². The second kappa shape index (κ2) is 3.62. The standard InChI is InChI=1S/C9H15N3S/c1-6(2)3-7-4-8(7)11-9-12-10-5-13-9/h5-8H,3-4H2,1-2H3,(H,11,12). The maximum Gasteiger partial charge on any atom is 0.205 e. The molecule has 2 rings (SSSR count). The molecule has 2 atom stereocenters. The maximum absolute atomic E-state index is 3.97. The molecule has 0 bridgehead atoms. The van der Waals surface area contributed by atoms with E-state index in [9.17, 15) is 0 Å². The van der Waals surface area contributed by atoms with Crippen molar-refractivity contribution >= 4 is 16.5 Å². The average Bonchev–Trinajstić information content (AvgIpc) is 2.61.